The van der Waals surface area contributed by atoms with Gasteiger partial charge in [0.15, 0.2) is 0 Å². The van der Waals surface area contributed by atoms with Crippen LogP contribution in [-0.4, -0.2) is 16.8 Å². The van der Waals surface area contributed by atoms with Crippen LogP contribution in [0.1, 0.15) is 56.0 Å². The molecule has 0 aromatic heterocycles. The van der Waals surface area contributed by atoms with Gasteiger partial charge in [-0.25, -0.2) is 0 Å². The predicted molar refractivity (Wildman–Crippen MR) is 125 cm³/mol. The van der Waals surface area contributed by atoms with Gasteiger partial charge in [0.2, 0.25) is 0 Å². The number of fused-ring (bicyclic) bond motifs is 1. The summed E-state index contributed by atoms with van der Waals surface area (Å²) in [6, 6.07) is 25.1. The molecule has 156 valence electrons. The van der Waals surface area contributed by atoms with Crippen molar-refractivity contribution in [2.24, 2.45) is 17.8 Å². The van der Waals surface area contributed by atoms with Crippen LogP contribution < -0.4 is 0 Å². The lowest BCUT2D eigenvalue weighted by Gasteiger charge is -2.44. The largest absolute Gasteiger partial charge is 0.331 e. The maximum absolute atomic E-state index is 14.1. The van der Waals surface area contributed by atoms with Crippen molar-refractivity contribution >= 4 is 16.7 Å². The highest BCUT2D eigenvalue weighted by Crippen LogP contribution is 2.38. The van der Waals surface area contributed by atoms with E-state index in [1.807, 2.05) is 30.3 Å². The highest BCUT2D eigenvalue weighted by Gasteiger charge is 2.37. The van der Waals surface area contributed by atoms with Crippen LogP contribution in [0, 0.1) is 17.8 Å². The topological polar surface area (TPSA) is 20.3 Å². The highest BCUT2D eigenvalue weighted by atomic mass is 16.2. The van der Waals surface area contributed by atoms with E-state index in [4.69, 9.17) is 0 Å². The lowest BCUT2D eigenvalue weighted by molar-refractivity contribution is 0.0368. The van der Waals surface area contributed by atoms with E-state index in [0.29, 0.717) is 24.3 Å². The number of hydrogen-bond acceptors (Lipinski definition) is 1. The second kappa shape index (κ2) is 9.04. The smallest absolute Gasteiger partial charge is 0.255 e. The number of hydrogen-bond donors (Lipinski definition) is 0. The molecule has 0 heterocycles. The van der Waals surface area contributed by atoms with Gasteiger partial charge < -0.3 is 4.90 Å². The summed E-state index contributed by atoms with van der Waals surface area (Å²) in [5.41, 5.74) is 2.02. The second-order valence-corrected chi connectivity index (χ2v) is 9.34. The van der Waals surface area contributed by atoms with Gasteiger partial charge in [0.25, 0.3) is 5.91 Å². The van der Waals surface area contributed by atoms with Crippen LogP contribution >= 0.6 is 0 Å². The Hall–Kier alpha value is -2.61. The third-order valence-corrected chi connectivity index (χ3v) is 6.86. The van der Waals surface area contributed by atoms with E-state index >= 15 is 0 Å². The Morgan fingerprint density at radius 3 is 2.40 bits per heavy atom. The summed E-state index contributed by atoms with van der Waals surface area (Å²) in [5, 5.41) is 2.17. The first-order chi connectivity index (χ1) is 14.5. The number of benzene rings is 3. The van der Waals surface area contributed by atoms with Crippen molar-refractivity contribution in [3.63, 3.8) is 0 Å². The molecule has 2 nitrogen and oxygen atoms in total. The Morgan fingerprint density at radius 1 is 0.933 bits per heavy atom. The predicted octanol–water partition coefficient (Wildman–Crippen LogP) is 6.94. The molecule has 3 aromatic rings. The molecule has 0 aliphatic heterocycles. The molecule has 0 saturated heterocycles. The van der Waals surface area contributed by atoms with E-state index in [9.17, 15) is 4.79 Å². The van der Waals surface area contributed by atoms with Gasteiger partial charge in [0.05, 0.1) is 0 Å². The van der Waals surface area contributed by atoms with Crippen LogP contribution in [0.2, 0.25) is 0 Å². The van der Waals surface area contributed by atoms with Gasteiger partial charge in [-0.15, -0.1) is 0 Å². The van der Waals surface area contributed by atoms with Crippen molar-refractivity contribution in [2.45, 2.75) is 52.6 Å². The molecule has 0 unspecified atom stereocenters. The van der Waals surface area contributed by atoms with Gasteiger partial charge in [0.1, 0.15) is 0 Å². The normalized spacial score (nSPS) is 21.7. The van der Waals surface area contributed by atoms with E-state index < -0.39 is 0 Å². The molecular formula is C28H33NO. The maximum Gasteiger partial charge on any atom is 0.255 e. The van der Waals surface area contributed by atoms with E-state index in [-0.39, 0.29) is 11.9 Å². The minimum atomic E-state index is 0.167. The molecule has 1 fully saturated rings. The monoisotopic (exact) mass is 399 g/mol. The lowest BCUT2D eigenvalue weighted by atomic mass is 9.73. The van der Waals surface area contributed by atoms with E-state index in [1.165, 1.54) is 18.4 Å². The molecule has 30 heavy (non-hydrogen) atoms. The van der Waals surface area contributed by atoms with E-state index in [0.717, 1.165) is 22.8 Å². The zero-order valence-electron chi connectivity index (χ0n) is 18.4. The van der Waals surface area contributed by atoms with Crippen LogP contribution in [0.25, 0.3) is 10.8 Å². The summed E-state index contributed by atoms with van der Waals surface area (Å²) >= 11 is 0. The Bertz CT molecular complexity index is 988. The van der Waals surface area contributed by atoms with Crippen LogP contribution in [0.5, 0.6) is 0 Å². The molecule has 1 saturated carbocycles. The molecular weight excluding hydrogens is 366 g/mol. The summed E-state index contributed by atoms with van der Waals surface area (Å²) in [6.45, 7) is 7.64. The van der Waals surface area contributed by atoms with Crippen molar-refractivity contribution < 1.29 is 4.79 Å². The van der Waals surface area contributed by atoms with Crippen LogP contribution in [0.15, 0.2) is 72.8 Å². The minimum Gasteiger partial charge on any atom is -0.331 e. The lowest BCUT2D eigenvalue weighted by Crippen LogP contribution is -2.48. The van der Waals surface area contributed by atoms with Gasteiger partial charge in [-0.2, -0.15) is 0 Å². The van der Waals surface area contributed by atoms with E-state index in [2.05, 4.69) is 68.1 Å². The molecule has 3 aromatic carbocycles. The first-order valence-electron chi connectivity index (χ1n) is 11.4. The van der Waals surface area contributed by atoms with Gasteiger partial charge in [-0.1, -0.05) is 93.9 Å². The number of carbonyl (C=O) groups is 1. The maximum atomic E-state index is 14.1. The van der Waals surface area contributed by atoms with Crippen molar-refractivity contribution in [1.82, 2.24) is 4.90 Å². The SMILES string of the molecule is CC(C)[C@H]1CC[C@@H](C)C[C@@H]1N(Cc1ccccc1)C(=O)c1cccc2ccccc12. The van der Waals surface area contributed by atoms with Crippen LogP contribution in [-0.2, 0) is 6.54 Å². The number of rotatable bonds is 5. The molecule has 1 aliphatic carbocycles. The van der Waals surface area contributed by atoms with Crippen molar-refractivity contribution in [3.8, 4) is 0 Å². The zero-order chi connectivity index (χ0) is 21.1. The van der Waals surface area contributed by atoms with Crippen LogP contribution in [0.4, 0.5) is 0 Å². The number of amides is 1. The van der Waals surface area contributed by atoms with Crippen LogP contribution in [0.3, 0.4) is 0 Å². The quantitative estimate of drug-likeness (QED) is 0.455. The average molecular weight is 400 g/mol. The molecule has 0 bridgehead atoms. The van der Waals surface area contributed by atoms with Gasteiger partial charge >= 0.3 is 0 Å². The van der Waals surface area contributed by atoms with Gasteiger partial charge in [0, 0.05) is 18.2 Å². The van der Waals surface area contributed by atoms with Gasteiger partial charge in [-0.3, -0.25) is 4.79 Å². The first kappa shape index (κ1) is 20.7. The molecule has 0 spiro atoms. The third kappa shape index (κ3) is 4.28. The highest BCUT2D eigenvalue weighted by molar-refractivity contribution is 6.07. The summed E-state index contributed by atoms with van der Waals surface area (Å²) in [7, 11) is 0. The average Bonchev–Trinajstić information content (AvgIpc) is 2.77. The Kier molecular flexibility index (Phi) is 6.22. The molecule has 4 rings (SSSR count). The Labute approximate surface area is 180 Å². The molecule has 0 radical (unpaired) electrons. The van der Waals surface area contributed by atoms with Crippen molar-refractivity contribution in [1.29, 1.82) is 0 Å². The van der Waals surface area contributed by atoms with Gasteiger partial charge in [-0.05, 0) is 53.0 Å². The fraction of sp³-hybridized carbons (Fsp3) is 0.393. The molecule has 3 atom stereocenters. The number of carbonyl (C=O) groups excluding carboxylic acids is 1. The first-order valence-corrected chi connectivity index (χ1v) is 11.4. The standard InChI is InChI=1S/C28H33NO/c1-20(2)24-17-16-21(3)18-27(24)29(19-22-10-5-4-6-11-22)28(30)26-15-9-13-23-12-7-8-14-25(23)26/h4-15,20-21,24,27H,16-19H2,1-3H3/t21-,24-,27+/m1/s1. The summed E-state index contributed by atoms with van der Waals surface area (Å²) in [5.74, 6) is 1.94. The molecule has 0 N–H and O–H groups in total. The molecule has 2 heteroatoms. The molecule has 1 amide bonds. The molecule has 1 aliphatic rings. The van der Waals surface area contributed by atoms with Crippen molar-refractivity contribution in [2.75, 3.05) is 0 Å². The Morgan fingerprint density at radius 2 is 1.63 bits per heavy atom. The van der Waals surface area contributed by atoms with Crippen molar-refractivity contribution in [3.05, 3.63) is 83.9 Å². The number of nitrogens with zero attached hydrogens (tertiary/aromatic N) is 1. The second-order valence-electron chi connectivity index (χ2n) is 9.34. The van der Waals surface area contributed by atoms with E-state index in [1.54, 1.807) is 0 Å². The summed E-state index contributed by atoms with van der Waals surface area (Å²) in [4.78, 5) is 16.3. The Balaban J connectivity index is 1.77. The fourth-order valence-electron chi connectivity index (χ4n) is 5.20. The minimum absolute atomic E-state index is 0.167. The summed E-state index contributed by atoms with van der Waals surface area (Å²) in [6.07, 6.45) is 3.56. The zero-order valence-corrected chi connectivity index (χ0v) is 18.4. The summed E-state index contributed by atoms with van der Waals surface area (Å²) < 4.78 is 0. The third-order valence-electron chi connectivity index (χ3n) is 6.86. The fourth-order valence-corrected chi connectivity index (χ4v) is 5.20.